The predicted molar refractivity (Wildman–Crippen MR) is 117 cm³/mol. The van der Waals surface area contributed by atoms with Crippen LogP contribution < -0.4 is 10.6 Å². The molecule has 0 saturated heterocycles. The summed E-state index contributed by atoms with van der Waals surface area (Å²) in [5, 5.41) is 5.74. The molecule has 30 heavy (non-hydrogen) atoms. The van der Waals surface area contributed by atoms with E-state index in [4.69, 9.17) is 0 Å². The Hall–Kier alpha value is -2.24. The molecule has 6 heteroatoms. The lowest BCUT2D eigenvalue weighted by molar-refractivity contribution is -0.130. The topological polar surface area (TPSA) is 75.3 Å². The maximum atomic E-state index is 13.2. The van der Waals surface area contributed by atoms with E-state index < -0.39 is 12.0 Å². The summed E-state index contributed by atoms with van der Waals surface area (Å²) < 4.78 is 13.2. The normalized spacial score (nSPS) is 13.6. The minimum atomic E-state index is -0.660. The number of benzene rings is 1. The number of carbonyl (C=O) groups is 3. The Labute approximate surface area is 180 Å². The molecule has 0 saturated carbocycles. The second-order valence-electron chi connectivity index (χ2n) is 9.53. The second-order valence-corrected chi connectivity index (χ2v) is 9.53. The van der Waals surface area contributed by atoms with Gasteiger partial charge < -0.3 is 10.6 Å². The van der Waals surface area contributed by atoms with E-state index in [0.717, 1.165) is 12.0 Å². The lowest BCUT2D eigenvalue weighted by atomic mass is 9.95. The Morgan fingerprint density at radius 3 is 2.10 bits per heavy atom. The number of nitrogens with one attached hydrogen (secondary N) is 2. The Morgan fingerprint density at radius 1 is 0.967 bits per heavy atom. The third-order valence-corrected chi connectivity index (χ3v) is 4.79. The molecule has 1 aromatic rings. The van der Waals surface area contributed by atoms with Crippen LogP contribution in [0.1, 0.15) is 72.8 Å². The van der Waals surface area contributed by atoms with Gasteiger partial charge in [-0.2, -0.15) is 0 Å². The minimum absolute atomic E-state index is 0.0287. The summed E-state index contributed by atoms with van der Waals surface area (Å²) in [6, 6.07) is 5.30. The first-order valence-corrected chi connectivity index (χ1v) is 10.8. The van der Waals surface area contributed by atoms with Crippen LogP contribution >= 0.6 is 0 Å². The van der Waals surface area contributed by atoms with Crippen molar-refractivity contribution >= 4 is 17.6 Å². The zero-order chi connectivity index (χ0) is 22.9. The standard InChI is InChI=1S/C24H37FN2O3/c1-16(2)7-13-21(28)20(15-18-9-11-19(25)12-10-18)26-23(30)17(3)8-14-22(29)27-24(4,5)6/h9-12,16-17,20H,7-8,13-15H2,1-6H3,(H,26,30)(H,27,29)/t17-,20-/m0/s1. The first-order chi connectivity index (χ1) is 13.9. The molecule has 2 atom stereocenters. The highest BCUT2D eigenvalue weighted by molar-refractivity contribution is 5.90. The van der Waals surface area contributed by atoms with Crippen molar-refractivity contribution in [2.75, 3.05) is 0 Å². The summed E-state index contributed by atoms with van der Waals surface area (Å²) in [6.07, 6.45) is 2.09. The predicted octanol–water partition coefficient (Wildman–Crippen LogP) is 4.19. The third kappa shape index (κ3) is 10.5. The smallest absolute Gasteiger partial charge is 0.223 e. The molecule has 0 radical (unpaired) electrons. The molecule has 2 N–H and O–H groups in total. The number of ketones is 1. The highest BCUT2D eigenvalue weighted by Crippen LogP contribution is 2.13. The van der Waals surface area contributed by atoms with E-state index in [2.05, 4.69) is 10.6 Å². The molecule has 5 nitrogen and oxygen atoms in total. The maximum Gasteiger partial charge on any atom is 0.223 e. The average molecular weight is 421 g/mol. The van der Waals surface area contributed by atoms with Gasteiger partial charge in [0.25, 0.3) is 0 Å². The highest BCUT2D eigenvalue weighted by Gasteiger charge is 2.24. The minimum Gasteiger partial charge on any atom is -0.352 e. The fourth-order valence-electron chi connectivity index (χ4n) is 2.98. The van der Waals surface area contributed by atoms with Gasteiger partial charge in [-0.15, -0.1) is 0 Å². The number of amides is 2. The van der Waals surface area contributed by atoms with Gasteiger partial charge in [-0.3, -0.25) is 14.4 Å². The van der Waals surface area contributed by atoms with Crippen LogP contribution in [0.5, 0.6) is 0 Å². The van der Waals surface area contributed by atoms with Crippen molar-refractivity contribution in [3.63, 3.8) is 0 Å². The molecule has 0 aliphatic carbocycles. The van der Waals surface area contributed by atoms with Crippen LogP contribution in [0.2, 0.25) is 0 Å². The molecule has 0 heterocycles. The van der Waals surface area contributed by atoms with Crippen LogP contribution in [-0.2, 0) is 20.8 Å². The molecule has 0 aliphatic rings. The largest absolute Gasteiger partial charge is 0.352 e. The molecule has 0 aromatic heterocycles. The van der Waals surface area contributed by atoms with Crippen LogP contribution in [0, 0.1) is 17.7 Å². The van der Waals surface area contributed by atoms with Gasteiger partial charge in [-0.1, -0.05) is 32.9 Å². The molecule has 168 valence electrons. The van der Waals surface area contributed by atoms with Gasteiger partial charge >= 0.3 is 0 Å². The SMILES string of the molecule is CC(C)CCC(=O)[C@H](Cc1ccc(F)cc1)NC(=O)[C@@H](C)CCC(=O)NC(C)(C)C. The van der Waals surface area contributed by atoms with Gasteiger partial charge in [0.1, 0.15) is 5.82 Å². The Bertz CT molecular complexity index is 708. The molecule has 0 spiro atoms. The first kappa shape index (κ1) is 25.8. The number of carbonyl (C=O) groups excluding carboxylic acids is 3. The zero-order valence-electron chi connectivity index (χ0n) is 19.2. The van der Waals surface area contributed by atoms with Crippen LogP contribution in [0.4, 0.5) is 4.39 Å². The van der Waals surface area contributed by atoms with Crippen molar-refractivity contribution in [2.45, 2.75) is 85.2 Å². The van der Waals surface area contributed by atoms with Crippen LogP contribution in [-0.4, -0.2) is 29.2 Å². The van der Waals surface area contributed by atoms with E-state index in [1.807, 2.05) is 34.6 Å². The lowest BCUT2D eigenvalue weighted by Gasteiger charge is -2.22. The number of Topliss-reactive ketones (excluding diaryl/α,β-unsaturated/α-hetero) is 1. The fourth-order valence-corrected chi connectivity index (χ4v) is 2.98. The third-order valence-electron chi connectivity index (χ3n) is 4.79. The summed E-state index contributed by atoms with van der Waals surface area (Å²) in [7, 11) is 0. The summed E-state index contributed by atoms with van der Waals surface area (Å²) in [4.78, 5) is 37.4. The van der Waals surface area contributed by atoms with Gasteiger partial charge in [0, 0.05) is 24.3 Å². The second kappa shape index (κ2) is 11.8. The summed E-state index contributed by atoms with van der Waals surface area (Å²) in [5.41, 5.74) is 0.475. The summed E-state index contributed by atoms with van der Waals surface area (Å²) >= 11 is 0. The van der Waals surface area contributed by atoms with Gasteiger partial charge in [-0.05, 0) is 63.6 Å². The first-order valence-electron chi connectivity index (χ1n) is 10.8. The molecule has 2 amide bonds. The van der Waals surface area contributed by atoms with Crippen molar-refractivity contribution in [3.05, 3.63) is 35.6 Å². The molecule has 1 rings (SSSR count). The van der Waals surface area contributed by atoms with Gasteiger partial charge in [0.05, 0.1) is 6.04 Å². The molecule has 0 unspecified atom stereocenters. The zero-order valence-corrected chi connectivity index (χ0v) is 19.2. The summed E-state index contributed by atoms with van der Waals surface area (Å²) in [6.45, 7) is 11.6. The molecule has 1 aromatic carbocycles. The quantitative estimate of drug-likeness (QED) is 0.564. The Kier molecular flexibility index (Phi) is 10.2. The molecular formula is C24H37FN2O3. The van der Waals surface area contributed by atoms with E-state index in [0.29, 0.717) is 25.2 Å². The monoisotopic (exact) mass is 420 g/mol. The lowest BCUT2D eigenvalue weighted by Crippen LogP contribution is -2.45. The van der Waals surface area contributed by atoms with Gasteiger partial charge in [-0.25, -0.2) is 4.39 Å². The molecule has 0 bridgehead atoms. The number of rotatable bonds is 11. The van der Waals surface area contributed by atoms with E-state index >= 15 is 0 Å². The van der Waals surface area contributed by atoms with Crippen molar-refractivity contribution in [1.82, 2.24) is 10.6 Å². The van der Waals surface area contributed by atoms with Crippen molar-refractivity contribution in [1.29, 1.82) is 0 Å². The van der Waals surface area contributed by atoms with Crippen molar-refractivity contribution in [2.24, 2.45) is 11.8 Å². The van der Waals surface area contributed by atoms with Gasteiger partial charge in [0.15, 0.2) is 5.78 Å². The molecular weight excluding hydrogens is 383 g/mol. The van der Waals surface area contributed by atoms with Crippen molar-refractivity contribution < 1.29 is 18.8 Å². The van der Waals surface area contributed by atoms with Crippen LogP contribution in [0.25, 0.3) is 0 Å². The van der Waals surface area contributed by atoms with Gasteiger partial charge in [0.2, 0.25) is 11.8 Å². The van der Waals surface area contributed by atoms with E-state index in [1.165, 1.54) is 12.1 Å². The number of hydrogen-bond donors (Lipinski definition) is 2. The number of halogens is 1. The van der Waals surface area contributed by atoms with E-state index in [9.17, 15) is 18.8 Å². The summed E-state index contributed by atoms with van der Waals surface area (Å²) in [5.74, 6) is -0.728. The van der Waals surface area contributed by atoms with E-state index in [-0.39, 0.29) is 35.4 Å². The van der Waals surface area contributed by atoms with Crippen molar-refractivity contribution in [3.8, 4) is 0 Å². The van der Waals surface area contributed by atoms with Crippen LogP contribution in [0.3, 0.4) is 0 Å². The fraction of sp³-hybridized carbons (Fsp3) is 0.625. The maximum absolute atomic E-state index is 13.2. The number of hydrogen-bond acceptors (Lipinski definition) is 3. The Balaban J connectivity index is 2.73. The Morgan fingerprint density at radius 2 is 1.57 bits per heavy atom. The van der Waals surface area contributed by atoms with Crippen LogP contribution in [0.15, 0.2) is 24.3 Å². The molecule has 0 aliphatic heterocycles. The molecule has 0 fully saturated rings. The van der Waals surface area contributed by atoms with E-state index in [1.54, 1.807) is 19.1 Å². The average Bonchev–Trinajstić information content (AvgIpc) is 2.63. The highest BCUT2D eigenvalue weighted by atomic mass is 19.1.